The van der Waals surface area contributed by atoms with Gasteiger partial charge in [-0.05, 0) is 31.5 Å². The number of aromatic amines is 1. The van der Waals surface area contributed by atoms with Gasteiger partial charge < -0.3 is 16.0 Å². The molecule has 0 fully saturated rings. The standard InChI is InChI=1S/C21H24N4/c22-13-7-1-2-8-14-23-21-19-15-9-3-5-11-17(15)24-20(19)16-10-4-6-12-18(16)25-21/h3-6,9-12,24H,1-2,7-8,13-14,22H2,(H,23,25). The number of hydrogen-bond donors (Lipinski definition) is 3. The van der Waals surface area contributed by atoms with E-state index in [4.69, 9.17) is 10.7 Å². The Morgan fingerprint density at radius 3 is 2.52 bits per heavy atom. The average Bonchev–Trinajstić information content (AvgIpc) is 3.04. The van der Waals surface area contributed by atoms with Gasteiger partial charge in [-0.25, -0.2) is 4.98 Å². The number of nitrogens with two attached hydrogens (primary N) is 1. The molecule has 0 saturated heterocycles. The molecule has 2 aromatic carbocycles. The fraction of sp³-hybridized carbons (Fsp3) is 0.286. The third kappa shape index (κ3) is 3.05. The van der Waals surface area contributed by atoms with Crippen molar-refractivity contribution in [1.29, 1.82) is 0 Å². The Morgan fingerprint density at radius 1 is 0.880 bits per heavy atom. The molecular weight excluding hydrogens is 308 g/mol. The number of unbranched alkanes of at least 4 members (excludes halogenated alkanes) is 3. The van der Waals surface area contributed by atoms with Gasteiger partial charge in [0.25, 0.3) is 0 Å². The molecule has 2 heterocycles. The van der Waals surface area contributed by atoms with E-state index in [2.05, 4.69) is 52.8 Å². The number of nitrogens with one attached hydrogen (secondary N) is 2. The molecule has 0 aliphatic rings. The van der Waals surface area contributed by atoms with Crippen LogP contribution in [0.2, 0.25) is 0 Å². The van der Waals surface area contributed by atoms with Crippen molar-refractivity contribution in [2.75, 3.05) is 18.4 Å². The molecule has 4 nitrogen and oxygen atoms in total. The maximum Gasteiger partial charge on any atom is 0.136 e. The lowest BCUT2D eigenvalue weighted by molar-refractivity contribution is 0.661. The molecule has 0 unspecified atom stereocenters. The summed E-state index contributed by atoms with van der Waals surface area (Å²) in [6.07, 6.45) is 4.65. The van der Waals surface area contributed by atoms with E-state index in [0.717, 1.165) is 48.3 Å². The number of pyridine rings is 1. The third-order valence-corrected chi connectivity index (χ3v) is 4.77. The molecule has 0 aliphatic carbocycles. The van der Waals surface area contributed by atoms with Crippen molar-refractivity contribution in [3.8, 4) is 0 Å². The molecule has 4 rings (SSSR count). The average molecular weight is 332 g/mol. The van der Waals surface area contributed by atoms with Gasteiger partial charge in [0.2, 0.25) is 0 Å². The van der Waals surface area contributed by atoms with Gasteiger partial charge in [0.15, 0.2) is 0 Å². The summed E-state index contributed by atoms with van der Waals surface area (Å²) >= 11 is 0. The molecule has 0 saturated carbocycles. The molecule has 0 aliphatic heterocycles. The minimum absolute atomic E-state index is 0.787. The van der Waals surface area contributed by atoms with E-state index in [-0.39, 0.29) is 0 Å². The van der Waals surface area contributed by atoms with Gasteiger partial charge in [-0.2, -0.15) is 0 Å². The minimum atomic E-state index is 0.787. The zero-order valence-electron chi connectivity index (χ0n) is 14.4. The van der Waals surface area contributed by atoms with E-state index in [9.17, 15) is 0 Å². The van der Waals surface area contributed by atoms with Gasteiger partial charge in [-0.3, -0.25) is 0 Å². The molecule has 0 spiro atoms. The van der Waals surface area contributed by atoms with Crippen molar-refractivity contribution in [2.24, 2.45) is 5.73 Å². The molecule has 0 radical (unpaired) electrons. The smallest absolute Gasteiger partial charge is 0.136 e. The number of fused-ring (bicyclic) bond motifs is 5. The van der Waals surface area contributed by atoms with Crippen LogP contribution in [0.1, 0.15) is 25.7 Å². The van der Waals surface area contributed by atoms with E-state index in [0.29, 0.717) is 0 Å². The van der Waals surface area contributed by atoms with Gasteiger partial charge in [0, 0.05) is 22.8 Å². The summed E-state index contributed by atoms with van der Waals surface area (Å²) in [5, 5.41) is 7.16. The number of para-hydroxylation sites is 2. The molecule has 0 amide bonds. The number of nitrogens with zero attached hydrogens (tertiary/aromatic N) is 1. The Bertz CT molecular complexity index is 1000. The maximum absolute atomic E-state index is 5.56. The van der Waals surface area contributed by atoms with Crippen LogP contribution in [0.5, 0.6) is 0 Å². The molecular formula is C21H24N4. The highest BCUT2D eigenvalue weighted by Crippen LogP contribution is 2.34. The number of rotatable bonds is 7. The van der Waals surface area contributed by atoms with Gasteiger partial charge in [-0.15, -0.1) is 0 Å². The summed E-state index contributed by atoms with van der Waals surface area (Å²) < 4.78 is 0. The summed E-state index contributed by atoms with van der Waals surface area (Å²) in [4.78, 5) is 8.49. The predicted molar refractivity (Wildman–Crippen MR) is 107 cm³/mol. The van der Waals surface area contributed by atoms with Crippen LogP contribution in [0, 0.1) is 0 Å². The first-order chi connectivity index (χ1) is 12.4. The van der Waals surface area contributed by atoms with E-state index in [1.54, 1.807) is 0 Å². The second-order valence-corrected chi connectivity index (χ2v) is 6.53. The largest absolute Gasteiger partial charge is 0.369 e. The fourth-order valence-corrected chi connectivity index (χ4v) is 3.51. The van der Waals surface area contributed by atoms with Crippen molar-refractivity contribution in [3.63, 3.8) is 0 Å². The Balaban J connectivity index is 1.73. The fourth-order valence-electron chi connectivity index (χ4n) is 3.51. The van der Waals surface area contributed by atoms with Crippen LogP contribution in [0.4, 0.5) is 5.82 Å². The van der Waals surface area contributed by atoms with Gasteiger partial charge >= 0.3 is 0 Å². The van der Waals surface area contributed by atoms with Crippen LogP contribution in [-0.2, 0) is 0 Å². The summed E-state index contributed by atoms with van der Waals surface area (Å²) in [5.41, 5.74) is 8.90. The lowest BCUT2D eigenvalue weighted by Crippen LogP contribution is -2.05. The monoisotopic (exact) mass is 332 g/mol. The predicted octanol–water partition coefficient (Wildman–Crippen LogP) is 4.80. The van der Waals surface area contributed by atoms with Crippen molar-refractivity contribution in [2.45, 2.75) is 25.7 Å². The van der Waals surface area contributed by atoms with E-state index in [1.165, 1.54) is 29.0 Å². The first-order valence-electron chi connectivity index (χ1n) is 9.11. The van der Waals surface area contributed by atoms with Crippen LogP contribution < -0.4 is 11.1 Å². The van der Waals surface area contributed by atoms with Crippen LogP contribution in [0.3, 0.4) is 0 Å². The lowest BCUT2D eigenvalue weighted by Gasteiger charge is -2.09. The van der Waals surface area contributed by atoms with Crippen LogP contribution in [0.15, 0.2) is 48.5 Å². The van der Waals surface area contributed by atoms with Crippen LogP contribution in [-0.4, -0.2) is 23.1 Å². The highest BCUT2D eigenvalue weighted by Gasteiger charge is 2.13. The first kappa shape index (κ1) is 15.9. The van der Waals surface area contributed by atoms with Crippen molar-refractivity contribution < 1.29 is 0 Å². The second-order valence-electron chi connectivity index (χ2n) is 6.53. The van der Waals surface area contributed by atoms with Gasteiger partial charge in [-0.1, -0.05) is 49.2 Å². The maximum atomic E-state index is 5.56. The quantitative estimate of drug-likeness (QED) is 0.426. The number of hydrogen-bond acceptors (Lipinski definition) is 3. The Kier molecular flexibility index (Phi) is 4.53. The summed E-state index contributed by atoms with van der Waals surface area (Å²) in [5.74, 6) is 0.977. The molecule has 4 heteroatoms. The number of H-pyrrole nitrogens is 1. The Labute approximate surface area is 147 Å². The van der Waals surface area contributed by atoms with Crippen molar-refractivity contribution >= 4 is 38.5 Å². The van der Waals surface area contributed by atoms with Gasteiger partial charge in [0.1, 0.15) is 5.82 Å². The summed E-state index contributed by atoms with van der Waals surface area (Å²) in [6.45, 7) is 1.72. The summed E-state index contributed by atoms with van der Waals surface area (Å²) in [6, 6.07) is 16.8. The molecule has 0 atom stereocenters. The van der Waals surface area contributed by atoms with Gasteiger partial charge in [0.05, 0.1) is 16.4 Å². The second kappa shape index (κ2) is 7.11. The van der Waals surface area contributed by atoms with E-state index in [1.807, 2.05) is 6.07 Å². The lowest BCUT2D eigenvalue weighted by atomic mass is 10.1. The zero-order valence-corrected chi connectivity index (χ0v) is 14.4. The molecule has 0 bridgehead atoms. The first-order valence-corrected chi connectivity index (χ1v) is 9.11. The molecule has 25 heavy (non-hydrogen) atoms. The minimum Gasteiger partial charge on any atom is -0.369 e. The SMILES string of the molecule is NCCCCCCNc1nc2ccccc2c2[nH]c3ccccc3c12. The van der Waals surface area contributed by atoms with Crippen LogP contribution in [0.25, 0.3) is 32.7 Å². The van der Waals surface area contributed by atoms with Crippen molar-refractivity contribution in [1.82, 2.24) is 9.97 Å². The molecule has 128 valence electrons. The zero-order chi connectivity index (χ0) is 17.1. The topological polar surface area (TPSA) is 66.7 Å². The summed E-state index contributed by atoms with van der Waals surface area (Å²) in [7, 11) is 0. The Morgan fingerprint density at radius 2 is 1.64 bits per heavy atom. The molecule has 4 N–H and O–H groups in total. The normalized spacial score (nSPS) is 11.6. The molecule has 4 aromatic rings. The molecule has 2 aromatic heterocycles. The number of anilines is 1. The number of benzene rings is 2. The van der Waals surface area contributed by atoms with Crippen molar-refractivity contribution in [3.05, 3.63) is 48.5 Å². The highest BCUT2D eigenvalue weighted by molar-refractivity contribution is 6.20. The van der Waals surface area contributed by atoms with E-state index < -0.39 is 0 Å². The number of aromatic nitrogens is 2. The van der Waals surface area contributed by atoms with E-state index >= 15 is 0 Å². The highest BCUT2D eigenvalue weighted by atomic mass is 15.0. The van der Waals surface area contributed by atoms with Crippen LogP contribution >= 0.6 is 0 Å². The third-order valence-electron chi connectivity index (χ3n) is 4.77. The Hall–Kier alpha value is -2.59.